The number of hydrogen-bond acceptors (Lipinski definition) is 4. The van der Waals surface area contributed by atoms with Crippen LogP contribution in [0.4, 0.5) is 0 Å². The molecule has 0 aromatic carbocycles. The average Bonchev–Trinajstić information content (AvgIpc) is 3.15. The predicted molar refractivity (Wildman–Crippen MR) is 59.2 cm³/mol. The number of hydrogen-bond donors (Lipinski definition) is 4. The smallest absolute Gasteiger partial charge is 1.00 e. The maximum atomic E-state index is 3.10. The molecular formula is C10H24Cl2N4Pt. The molecule has 0 amide bonds. The Morgan fingerprint density at radius 2 is 0.765 bits per heavy atom. The normalized spacial score (nSPS) is 20.5. The molecule has 0 aromatic rings. The van der Waals surface area contributed by atoms with Gasteiger partial charge in [-0.05, 0) is 25.7 Å². The van der Waals surface area contributed by atoms with Gasteiger partial charge in [-0.15, -0.1) is 0 Å². The van der Waals surface area contributed by atoms with Gasteiger partial charge in [-0.3, -0.25) is 0 Å². The van der Waals surface area contributed by atoms with Crippen LogP contribution in [0.1, 0.15) is 53.4 Å². The van der Waals surface area contributed by atoms with Gasteiger partial charge in [0.1, 0.15) is 0 Å². The fourth-order valence-electron chi connectivity index (χ4n) is 1.38. The molecule has 0 bridgehead atoms. The minimum Gasteiger partial charge on any atom is -1.00 e. The largest absolute Gasteiger partial charge is 2.00 e. The monoisotopic (exact) mass is 465 g/mol. The SMILES string of the molecule is CCC1(CC)NN1.CCC1(CC)NN1.[Cl-].[Cl-].[Pt+2]. The van der Waals surface area contributed by atoms with Gasteiger partial charge in [0.15, 0.2) is 0 Å². The second-order valence-electron chi connectivity index (χ2n) is 4.08. The topological polar surface area (TPSA) is 87.8 Å². The Balaban J connectivity index is -0.000000196. The molecule has 2 fully saturated rings. The molecule has 0 saturated carbocycles. The van der Waals surface area contributed by atoms with Gasteiger partial charge in [0.05, 0.1) is 11.3 Å². The minimum absolute atomic E-state index is 0. The molecule has 2 heterocycles. The van der Waals surface area contributed by atoms with Gasteiger partial charge in [0.25, 0.3) is 0 Å². The third-order valence-electron chi connectivity index (χ3n) is 3.37. The van der Waals surface area contributed by atoms with E-state index in [2.05, 4.69) is 49.4 Å². The maximum Gasteiger partial charge on any atom is 2.00 e. The van der Waals surface area contributed by atoms with Crippen LogP contribution < -0.4 is 46.5 Å². The van der Waals surface area contributed by atoms with Gasteiger partial charge < -0.3 is 24.8 Å². The summed E-state index contributed by atoms with van der Waals surface area (Å²) in [6, 6.07) is 0. The number of hydrazine groups is 2. The van der Waals surface area contributed by atoms with Crippen LogP contribution in [0.3, 0.4) is 0 Å². The second-order valence-corrected chi connectivity index (χ2v) is 4.08. The first-order valence-corrected chi connectivity index (χ1v) is 5.74. The van der Waals surface area contributed by atoms with E-state index in [0.717, 1.165) is 0 Å². The first kappa shape index (κ1) is 23.2. The van der Waals surface area contributed by atoms with Crippen molar-refractivity contribution >= 4 is 0 Å². The molecule has 2 rings (SSSR count). The second kappa shape index (κ2) is 9.96. The average molecular weight is 466 g/mol. The zero-order valence-electron chi connectivity index (χ0n) is 10.9. The Morgan fingerprint density at radius 1 is 0.588 bits per heavy atom. The summed E-state index contributed by atoms with van der Waals surface area (Å²) in [4.78, 5) is 0. The summed E-state index contributed by atoms with van der Waals surface area (Å²) < 4.78 is 0. The molecule has 4 nitrogen and oxygen atoms in total. The van der Waals surface area contributed by atoms with E-state index in [1.165, 1.54) is 25.7 Å². The molecule has 7 heteroatoms. The Hall–Kier alpha value is 1.11. The van der Waals surface area contributed by atoms with Crippen LogP contribution in [0.2, 0.25) is 0 Å². The van der Waals surface area contributed by atoms with Gasteiger partial charge >= 0.3 is 21.1 Å². The molecule has 0 unspecified atom stereocenters. The van der Waals surface area contributed by atoms with Crippen molar-refractivity contribution in [2.75, 3.05) is 0 Å². The summed E-state index contributed by atoms with van der Waals surface area (Å²) in [5, 5.41) is 0. The Labute approximate surface area is 132 Å². The summed E-state index contributed by atoms with van der Waals surface area (Å²) in [5.74, 6) is 0. The van der Waals surface area contributed by atoms with Crippen molar-refractivity contribution in [1.29, 1.82) is 0 Å². The van der Waals surface area contributed by atoms with Crippen LogP contribution in [0.25, 0.3) is 0 Å². The quantitative estimate of drug-likeness (QED) is 0.314. The molecule has 17 heavy (non-hydrogen) atoms. The molecule has 0 aliphatic carbocycles. The van der Waals surface area contributed by atoms with Crippen molar-refractivity contribution in [3.05, 3.63) is 0 Å². The third kappa shape index (κ3) is 7.31. The molecule has 2 aliphatic heterocycles. The fraction of sp³-hybridized carbons (Fsp3) is 1.00. The zero-order valence-corrected chi connectivity index (χ0v) is 14.7. The van der Waals surface area contributed by atoms with E-state index in [-0.39, 0.29) is 45.9 Å². The van der Waals surface area contributed by atoms with Crippen LogP contribution in [0.5, 0.6) is 0 Å². The van der Waals surface area contributed by atoms with E-state index in [4.69, 9.17) is 0 Å². The number of nitrogens with one attached hydrogen (secondary N) is 4. The van der Waals surface area contributed by atoms with Crippen molar-refractivity contribution in [2.24, 2.45) is 0 Å². The molecular weight excluding hydrogens is 442 g/mol. The molecule has 108 valence electrons. The number of rotatable bonds is 4. The van der Waals surface area contributed by atoms with Gasteiger partial charge in [-0.2, -0.15) is 0 Å². The summed E-state index contributed by atoms with van der Waals surface area (Å²) in [7, 11) is 0. The maximum absolute atomic E-state index is 3.10. The Morgan fingerprint density at radius 3 is 0.765 bits per heavy atom. The van der Waals surface area contributed by atoms with E-state index in [0.29, 0.717) is 11.3 Å². The van der Waals surface area contributed by atoms with Gasteiger partial charge in [0.2, 0.25) is 0 Å². The van der Waals surface area contributed by atoms with E-state index in [9.17, 15) is 0 Å². The van der Waals surface area contributed by atoms with Crippen LogP contribution in [0.15, 0.2) is 0 Å². The molecule has 0 aromatic heterocycles. The summed E-state index contributed by atoms with van der Waals surface area (Å²) >= 11 is 0. The van der Waals surface area contributed by atoms with Crippen molar-refractivity contribution < 1.29 is 45.9 Å². The van der Waals surface area contributed by atoms with Crippen LogP contribution in [0, 0.1) is 0 Å². The van der Waals surface area contributed by atoms with Gasteiger partial charge in [-0.25, -0.2) is 21.7 Å². The van der Waals surface area contributed by atoms with Gasteiger partial charge in [-0.1, -0.05) is 27.7 Å². The third-order valence-corrected chi connectivity index (χ3v) is 3.37. The zero-order chi connectivity index (χ0) is 10.7. The Bertz CT molecular complexity index is 155. The van der Waals surface area contributed by atoms with E-state index >= 15 is 0 Å². The van der Waals surface area contributed by atoms with Crippen molar-refractivity contribution in [2.45, 2.75) is 64.7 Å². The van der Waals surface area contributed by atoms with Crippen LogP contribution in [-0.2, 0) is 21.1 Å². The van der Waals surface area contributed by atoms with E-state index in [1.807, 2.05) is 0 Å². The molecule has 0 radical (unpaired) electrons. The van der Waals surface area contributed by atoms with Crippen molar-refractivity contribution in [3.63, 3.8) is 0 Å². The summed E-state index contributed by atoms with van der Waals surface area (Å²) in [6.45, 7) is 8.71. The molecule has 0 atom stereocenters. The van der Waals surface area contributed by atoms with E-state index in [1.54, 1.807) is 0 Å². The summed E-state index contributed by atoms with van der Waals surface area (Å²) in [6.07, 6.45) is 4.74. The van der Waals surface area contributed by atoms with Crippen molar-refractivity contribution in [3.8, 4) is 0 Å². The molecule has 2 saturated heterocycles. The summed E-state index contributed by atoms with van der Waals surface area (Å²) in [5.41, 5.74) is 13.1. The van der Waals surface area contributed by atoms with Gasteiger partial charge in [0, 0.05) is 0 Å². The van der Waals surface area contributed by atoms with Crippen molar-refractivity contribution in [1.82, 2.24) is 21.7 Å². The molecule has 4 N–H and O–H groups in total. The molecule has 0 spiro atoms. The Kier molecular flexibility index (Phi) is 13.6. The molecule has 2 aliphatic rings. The van der Waals surface area contributed by atoms with Crippen LogP contribution in [-0.4, -0.2) is 11.3 Å². The standard InChI is InChI=1S/2C5H12N2.2ClH.Pt/c2*1-3-5(4-2)6-7-5;;;/h2*6-7H,3-4H2,1-2H3;2*1H;/q;;;;+2/p-2. The predicted octanol–water partition coefficient (Wildman–Crippen LogP) is -4.77. The van der Waals surface area contributed by atoms with E-state index < -0.39 is 0 Å². The minimum atomic E-state index is 0. The first-order valence-electron chi connectivity index (χ1n) is 5.74. The fourth-order valence-corrected chi connectivity index (χ4v) is 1.38. The van der Waals surface area contributed by atoms with Crippen LogP contribution >= 0.6 is 0 Å². The first-order chi connectivity index (χ1) is 6.66. The number of halogens is 2.